The third-order valence-corrected chi connectivity index (χ3v) is 5.25. The normalized spacial score (nSPS) is 14.2. The maximum atomic E-state index is 13.3. The molecule has 1 rings (SSSR count). The smallest absolute Gasteiger partial charge is 0.244 e. The molecular formula is C24H38N4O5. The van der Waals surface area contributed by atoms with E-state index in [-0.39, 0.29) is 11.8 Å². The average molecular weight is 463 g/mol. The fourth-order valence-corrected chi connectivity index (χ4v) is 3.57. The number of nitro groups is 1. The number of likely N-dealkylation sites (N-methyl/N-ethyl adjacent to an activating group) is 1. The molecule has 0 heterocycles. The van der Waals surface area contributed by atoms with Gasteiger partial charge in [0.2, 0.25) is 24.3 Å². The van der Waals surface area contributed by atoms with Gasteiger partial charge in [0.15, 0.2) is 0 Å². The van der Waals surface area contributed by atoms with E-state index < -0.39 is 46.7 Å². The molecule has 0 aliphatic carbocycles. The van der Waals surface area contributed by atoms with Crippen LogP contribution in [-0.4, -0.2) is 60.3 Å². The van der Waals surface area contributed by atoms with Crippen molar-refractivity contribution in [3.63, 3.8) is 0 Å². The SMILES string of the molecule is CC(C)C[C@H](C[N+](=O)[O-])C(=O)N[C@H](C(=O)N[C@H](Cc1ccccc1)C(=O)N(C)C)C(C)(C)C. The fraction of sp³-hybridized carbons (Fsp3) is 0.625. The molecule has 2 N–H and O–H groups in total. The number of benzene rings is 1. The summed E-state index contributed by atoms with van der Waals surface area (Å²) < 4.78 is 0. The first-order valence-corrected chi connectivity index (χ1v) is 11.2. The van der Waals surface area contributed by atoms with Gasteiger partial charge in [-0.2, -0.15) is 0 Å². The summed E-state index contributed by atoms with van der Waals surface area (Å²) in [6.45, 7) is 8.65. The lowest BCUT2D eigenvalue weighted by molar-refractivity contribution is -0.486. The van der Waals surface area contributed by atoms with Crippen LogP contribution in [-0.2, 0) is 20.8 Å². The summed E-state index contributed by atoms with van der Waals surface area (Å²) in [5, 5.41) is 16.6. The summed E-state index contributed by atoms with van der Waals surface area (Å²) in [5.74, 6) is -2.07. The number of hydrogen-bond acceptors (Lipinski definition) is 5. The van der Waals surface area contributed by atoms with Gasteiger partial charge in [-0.15, -0.1) is 0 Å². The Morgan fingerprint density at radius 3 is 2.06 bits per heavy atom. The van der Waals surface area contributed by atoms with E-state index in [0.29, 0.717) is 12.8 Å². The summed E-state index contributed by atoms with van der Waals surface area (Å²) in [4.78, 5) is 51.0. The van der Waals surface area contributed by atoms with Crippen LogP contribution in [0.1, 0.15) is 46.6 Å². The van der Waals surface area contributed by atoms with Crippen molar-refractivity contribution in [1.82, 2.24) is 15.5 Å². The predicted molar refractivity (Wildman–Crippen MR) is 127 cm³/mol. The number of hydrogen-bond donors (Lipinski definition) is 2. The van der Waals surface area contributed by atoms with Gasteiger partial charge in [0.1, 0.15) is 18.0 Å². The summed E-state index contributed by atoms with van der Waals surface area (Å²) in [5.41, 5.74) is 0.201. The molecule has 0 unspecified atom stereocenters. The van der Waals surface area contributed by atoms with Gasteiger partial charge >= 0.3 is 0 Å². The highest BCUT2D eigenvalue weighted by molar-refractivity contribution is 5.93. The summed E-state index contributed by atoms with van der Waals surface area (Å²) in [7, 11) is 3.23. The first-order valence-electron chi connectivity index (χ1n) is 11.2. The zero-order valence-corrected chi connectivity index (χ0v) is 20.8. The van der Waals surface area contributed by atoms with Crippen molar-refractivity contribution in [2.24, 2.45) is 17.3 Å². The summed E-state index contributed by atoms with van der Waals surface area (Å²) >= 11 is 0. The third kappa shape index (κ3) is 9.59. The number of rotatable bonds is 11. The zero-order chi connectivity index (χ0) is 25.3. The Morgan fingerprint density at radius 1 is 1.03 bits per heavy atom. The van der Waals surface area contributed by atoms with Crippen LogP contribution in [0.25, 0.3) is 0 Å². The minimum Gasteiger partial charge on any atom is -0.347 e. The average Bonchev–Trinajstić information content (AvgIpc) is 2.69. The van der Waals surface area contributed by atoms with Gasteiger partial charge in [-0.25, -0.2) is 0 Å². The van der Waals surface area contributed by atoms with Gasteiger partial charge < -0.3 is 15.5 Å². The molecule has 3 amide bonds. The van der Waals surface area contributed by atoms with Gasteiger partial charge in [-0.1, -0.05) is 65.0 Å². The molecule has 1 aromatic carbocycles. The molecule has 0 saturated carbocycles. The van der Waals surface area contributed by atoms with Gasteiger partial charge in [0.25, 0.3) is 0 Å². The Bertz CT molecular complexity index is 818. The van der Waals surface area contributed by atoms with E-state index in [9.17, 15) is 24.5 Å². The van der Waals surface area contributed by atoms with E-state index in [1.54, 1.807) is 34.9 Å². The number of nitrogens with zero attached hydrogens (tertiary/aromatic N) is 2. The second-order valence-corrected chi connectivity index (χ2v) is 10.1. The van der Waals surface area contributed by atoms with Crippen LogP contribution in [0.2, 0.25) is 0 Å². The Morgan fingerprint density at radius 2 is 1.61 bits per heavy atom. The zero-order valence-electron chi connectivity index (χ0n) is 20.8. The number of carbonyl (C=O) groups is 3. The van der Waals surface area contributed by atoms with Crippen LogP contribution in [0.5, 0.6) is 0 Å². The highest BCUT2D eigenvalue weighted by Gasteiger charge is 2.37. The first-order chi connectivity index (χ1) is 15.2. The van der Waals surface area contributed by atoms with Gasteiger partial charge in [-0.3, -0.25) is 24.5 Å². The maximum Gasteiger partial charge on any atom is 0.244 e. The lowest BCUT2D eigenvalue weighted by Crippen LogP contribution is -2.59. The Labute approximate surface area is 196 Å². The molecular weight excluding hydrogens is 424 g/mol. The Kier molecular flexibility index (Phi) is 10.5. The van der Waals surface area contributed by atoms with Crippen molar-refractivity contribution in [3.05, 3.63) is 46.0 Å². The van der Waals surface area contributed by atoms with Crippen molar-refractivity contribution < 1.29 is 19.3 Å². The largest absolute Gasteiger partial charge is 0.347 e. The van der Waals surface area contributed by atoms with E-state index in [2.05, 4.69) is 10.6 Å². The second kappa shape index (κ2) is 12.3. The monoisotopic (exact) mass is 462 g/mol. The van der Waals surface area contributed by atoms with Gasteiger partial charge in [0, 0.05) is 25.4 Å². The van der Waals surface area contributed by atoms with Crippen molar-refractivity contribution in [3.8, 4) is 0 Å². The molecule has 0 aliphatic rings. The second-order valence-electron chi connectivity index (χ2n) is 10.1. The Balaban J connectivity index is 3.11. The van der Waals surface area contributed by atoms with Crippen LogP contribution in [0.15, 0.2) is 30.3 Å². The molecule has 184 valence electrons. The maximum absolute atomic E-state index is 13.3. The summed E-state index contributed by atoms with van der Waals surface area (Å²) in [6.07, 6.45) is 0.632. The van der Waals surface area contributed by atoms with Crippen molar-refractivity contribution in [2.75, 3.05) is 20.6 Å². The topological polar surface area (TPSA) is 122 Å². The van der Waals surface area contributed by atoms with E-state index in [1.807, 2.05) is 44.2 Å². The van der Waals surface area contributed by atoms with Crippen LogP contribution in [0, 0.1) is 27.4 Å². The Hall–Kier alpha value is -2.97. The number of amides is 3. The third-order valence-electron chi connectivity index (χ3n) is 5.25. The molecule has 0 aliphatic heterocycles. The van der Waals surface area contributed by atoms with Crippen LogP contribution in [0.3, 0.4) is 0 Å². The molecule has 0 fully saturated rings. The number of nitrogens with one attached hydrogen (secondary N) is 2. The first kappa shape index (κ1) is 28.1. The molecule has 0 spiro atoms. The molecule has 0 saturated heterocycles. The minimum atomic E-state index is -0.973. The van der Waals surface area contributed by atoms with Crippen molar-refractivity contribution in [2.45, 2.75) is 59.5 Å². The molecule has 0 bridgehead atoms. The van der Waals surface area contributed by atoms with Crippen LogP contribution in [0.4, 0.5) is 0 Å². The molecule has 0 radical (unpaired) electrons. The van der Waals surface area contributed by atoms with Crippen LogP contribution >= 0.6 is 0 Å². The highest BCUT2D eigenvalue weighted by Crippen LogP contribution is 2.22. The molecule has 0 aromatic heterocycles. The molecule has 9 heteroatoms. The van der Waals surface area contributed by atoms with E-state index in [1.165, 1.54) is 4.90 Å². The van der Waals surface area contributed by atoms with Gasteiger partial charge in [-0.05, 0) is 23.3 Å². The predicted octanol–water partition coefficient (Wildman–Crippen LogP) is 2.27. The van der Waals surface area contributed by atoms with Crippen molar-refractivity contribution >= 4 is 17.7 Å². The standard InChI is InChI=1S/C24H38N4O5/c1-16(2)13-18(15-28(32)33)21(29)26-20(24(3,4)5)22(30)25-19(23(31)27(6)7)14-17-11-9-8-10-12-17/h8-12,16,18-20H,13-15H2,1-7H3,(H,25,30)(H,26,29)/t18-,19-,20-/m1/s1. The lowest BCUT2D eigenvalue weighted by Gasteiger charge is -2.33. The quantitative estimate of drug-likeness (QED) is 0.386. The van der Waals surface area contributed by atoms with E-state index in [0.717, 1.165) is 5.56 Å². The molecule has 3 atom stereocenters. The fourth-order valence-electron chi connectivity index (χ4n) is 3.57. The summed E-state index contributed by atoms with van der Waals surface area (Å²) in [6, 6.07) is 7.54. The van der Waals surface area contributed by atoms with E-state index in [4.69, 9.17) is 0 Å². The van der Waals surface area contributed by atoms with Crippen molar-refractivity contribution in [1.29, 1.82) is 0 Å². The number of carbonyl (C=O) groups excluding carboxylic acids is 3. The van der Waals surface area contributed by atoms with E-state index >= 15 is 0 Å². The molecule has 33 heavy (non-hydrogen) atoms. The molecule has 1 aromatic rings. The van der Waals surface area contributed by atoms with Crippen LogP contribution < -0.4 is 10.6 Å². The van der Waals surface area contributed by atoms with Gasteiger partial charge in [0.05, 0.1) is 0 Å². The lowest BCUT2D eigenvalue weighted by atomic mass is 9.85. The molecule has 9 nitrogen and oxygen atoms in total. The highest BCUT2D eigenvalue weighted by atomic mass is 16.6. The minimum absolute atomic E-state index is 0.0792.